The summed E-state index contributed by atoms with van der Waals surface area (Å²) in [5.41, 5.74) is 8.94. The molecule has 1 aromatic heterocycles. The number of nitrogens with two attached hydrogens (primary N) is 1. The van der Waals surface area contributed by atoms with Gasteiger partial charge in [-0.05, 0) is 37.1 Å². The minimum atomic E-state index is 0.324. The smallest absolute Gasteiger partial charge is 0.161 e. The van der Waals surface area contributed by atoms with Crippen LogP contribution in [0.25, 0.3) is 11.4 Å². The number of aromatic nitrogens is 2. The van der Waals surface area contributed by atoms with Crippen molar-refractivity contribution in [2.24, 2.45) is 0 Å². The Labute approximate surface area is 113 Å². The van der Waals surface area contributed by atoms with Crippen molar-refractivity contribution in [1.29, 1.82) is 0 Å². The molecule has 0 aliphatic rings. The van der Waals surface area contributed by atoms with E-state index in [2.05, 4.69) is 23.8 Å². The summed E-state index contributed by atoms with van der Waals surface area (Å²) in [5, 5.41) is 0. The van der Waals surface area contributed by atoms with E-state index in [1.165, 1.54) is 0 Å². The lowest BCUT2D eigenvalue weighted by atomic mass is 10.0. The van der Waals surface area contributed by atoms with E-state index >= 15 is 0 Å². The lowest BCUT2D eigenvalue weighted by Crippen LogP contribution is -2.06. The molecule has 0 aliphatic heterocycles. The Bertz CT molecular complexity index is 553. The van der Waals surface area contributed by atoms with Crippen LogP contribution >= 0.6 is 0 Å². The Morgan fingerprint density at radius 1 is 1.11 bits per heavy atom. The predicted octanol–water partition coefficient (Wildman–Crippen LogP) is 3.17. The zero-order valence-corrected chi connectivity index (χ0v) is 11.8. The number of nitrogen functional groups attached to an aromatic ring is 1. The highest BCUT2D eigenvalue weighted by Gasteiger charge is 2.13. The van der Waals surface area contributed by atoms with Crippen molar-refractivity contribution in [2.45, 2.75) is 26.7 Å². The van der Waals surface area contributed by atoms with Crippen molar-refractivity contribution in [3.63, 3.8) is 0 Å². The molecule has 2 aromatic rings. The van der Waals surface area contributed by atoms with Crippen LogP contribution in [0, 0.1) is 6.92 Å². The second-order valence-electron chi connectivity index (χ2n) is 4.81. The molecule has 4 nitrogen and oxygen atoms in total. The molecule has 0 bridgehead atoms. The summed E-state index contributed by atoms with van der Waals surface area (Å²) in [6.45, 7) is 6.16. The van der Waals surface area contributed by atoms with E-state index in [-0.39, 0.29) is 0 Å². The van der Waals surface area contributed by atoms with Crippen LogP contribution in [-0.4, -0.2) is 17.1 Å². The number of anilines is 1. The molecule has 0 atom stereocenters. The van der Waals surface area contributed by atoms with Crippen molar-refractivity contribution in [1.82, 2.24) is 9.97 Å². The number of hydrogen-bond donors (Lipinski definition) is 1. The third kappa shape index (κ3) is 2.67. The molecule has 1 aromatic carbocycles. The Morgan fingerprint density at radius 3 is 2.21 bits per heavy atom. The molecule has 1 heterocycles. The van der Waals surface area contributed by atoms with Crippen molar-refractivity contribution >= 4 is 5.82 Å². The molecule has 0 saturated heterocycles. The number of rotatable bonds is 3. The number of methoxy groups -OCH3 is 1. The van der Waals surface area contributed by atoms with Gasteiger partial charge in [0.1, 0.15) is 11.6 Å². The normalized spacial score (nSPS) is 10.8. The van der Waals surface area contributed by atoms with Crippen molar-refractivity contribution in [3.8, 4) is 17.1 Å². The predicted molar refractivity (Wildman–Crippen MR) is 77.3 cm³/mol. The SMILES string of the molecule is COc1ccc(-c2nc(C)c(C(C)C)c(N)n2)cc1. The maximum absolute atomic E-state index is 6.04. The quantitative estimate of drug-likeness (QED) is 0.917. The second kappa shape index (κ2) is 5.26. The van der Waals surface area contributed by atoms with E-state index in [0.29, 0.717) is 17.6 Å². The Hall–Kier alpha value is -2.10. The summed E-state index contributed by atoms with van der Waals surface area (Å²) in [6.07, 6.45) is 0. The summed E-state index contributed by atoms with van der Waals surface area (Å²) in [4.78, 5) is 8.96. The van der Waals surface area contributed by atoms with E-state index in [1.54, 1.807) is 7.11 Å². The molecule has 0 spiro atoms. The van der Waals surface area contributed by atoms with E-state index in [0.717, 1.165) is 22.6 Å². The monoisotopic (exact) mass is 257 g/mol. The molecular weight excluding hydrogens is 238 g/mol. The summed E-state index contributed by atoms with van der Waals surface area (Å²) in [7, 11) is 1.64. The van der Waals surface area contributed by atoms with Crippen molar-refractivity contribution < 1.29 is 4.74 Å². The van der Waals surface area contributed by atoms with Gasteiger partial charge in [0, 0.05) is 16.8 Å². The molecule has 0 aliphatic carbocycles. The number of nitrogens with zero attached hydrogens (tertiary/aromatic N) is 2. The van der Waals surface area contributed by atoms with Gasteiger partial charge < -0.3 is 10.5 Å². The molecule has 4 heteroatoms. The number of hydrogen-bond acceptors (Lipinski definition) is 4. The van der Waals surface area contributed by atoms with Crippen LogP contribution in [0.2, 0.25) is 0 Å². The molecule has 0 unspecified atom stereocenters. The highest BCUT2D eigenvalue weighted by Crippen LogP contribution is 2.26. The first-order valence-electron chi connectivity index (χ1n) is 6.31. The molecule has 2 N–H and O–H groups in total. The first-order chi connectivity index (χ1) is 9.02. The van der Waals surface area contributed by atoms with Crippen LogP contribution in [0.15, 0.2) is 24.3 Å². The molecule has 19 heavy (non-hydrogen) atoms. The van der Waals surface area contributed by atoms with Crippen LogP contribution in [0.5, 0.6) is 5.75 Å². The molecule has 2 rings (SSSR count). The lowest BCUT2D eigenvalue weighted by molar-refractivity contribution is 0.415. The zero-order chi connectivity index (χ0) is 14.0. The molecule has 100 valence electrons. The summed E-state index contributed by atoms with van der Waals surface area (Å²) in [5.74, 6) is 2.35. The first kappa shape index (κ1) is 13.3. The van der Waals surface area contributed by atoms with Crippen molar-refractivity contribution in [2.75, 3.05) is 12.8 Å². The van der Waals surface area contributed by atoms with Gasteiger partial charge in [-0.2, -0.15) is 0 Å². The Morgan fingerprint density at radius 2 is 1.74 bits per heavy atom. The van der Waals surface area contributed by atoms with Crippen molar-refractivity contribution in [3.05, 3.63) is 35.5 Å². The highest BCUT2D eigenvalue weighted by atomic mass is 16.5. The zero-order valence-electron chi connectivity index (χ0n) is 11.8. The minimum Gasteiger partial charge on any atom is -0.497 e. The standard InChI is InChI=1S/C15H19N3O/c1-9(2)13-10(3)17-15(18-14(13)16)11-5-7-12(19-4)8-6-11/h5-9H,1-4H3,(H2,16,17,18). The average Bonchev–Trinajstić information content (AvgIpc) is 2.37. The third-order valence-corrected chi connectivity index (χ3v) is 3.09. The molecule has 0 amide bonds. The van der Waals surface area contributed by atoms with E-state index in [4.69, 9.17) is 10.5 Å². The number of ether oxygens (including phenoxy) is 1. The van der Waals surface area contributed by atoms with E-state index < -0.39 is 0 Å². The van der Waals surface area contributed by atoms with Gasteiger partial charge in [0.2, 0.25) is 0 Å². The van der Waals surface area contributed by atoms with Gasteiger partial charge in [-0.3, -0.25) is 0 Å². The molecule has 0 saturated carbocycles. The van der Waals surface area contributed by atoms with Crippen LogP contribution in [0.1, 0.15) is 31.0 Å². The van der Waals surface area contributed by atoms with E-state index in [1.807, 2.05) is 31.2 Å². The van der Waals surface area contributed by atoms with Gasteiger partial charge in [0.15, 0.2) is 5.82 Å². The fraction of sp³-hybridized carbons (Fsp3) is 0.333. The Balaban J connectivity index is 2.45. The van der Waals surface area contributed by atoms with Crippen LogP contribution in [0.4, 0.5) is 5.82 Å². The van der Waals surface area contributed by atoms with Gasteiger partial charge in [-0.25, -0.2) is 9.97 Å². The first-order valence-corrected chi connectivity index (χ1v) is 6.31. The average molecular weight is 257 g/mol. The largest absolute Gasteiger partial charge is 0.497 e. The van der Waals surface area contributed by atoms with Gasteiger partial charge in [0.25, 0.3) is 0 Å². The topological polar surface area (TPSA) is 61.0 Å². The second-order valence-corrected chi connectivity index (χ2v) is 4.81. The molecule has 0 fully saturated rings. The summed E-state index contributed by atoms with van der Waals surface area (Å²) < 4.78 is 5.14. The number of aryl methyl sites for hydroxylation is 1. The van der Waals surface area contributed by atoms with Crippen LogP contribution in [0.3, 0.4) is 0 Å². The van der Waals surface area contributed by atoms with Gasteiger partial charge in [0.05, 0.1) is 7.11 Å². The van der Waals surface area contributed by atoms with Crippen LogP contribution in [-0.2, 0) is 0 Å². The maximum Gasteiger partial charge on any atom is 0.161 e. The molecular formula is C15H19N3O. The minimum absolute atomic E-state index is 0.324. The lowest BCUT2D eigenvalue weighted by Gasteiger charge is -2.13. The van der Waals surface area contributed by atoms with Gasteiger partial charge >= 0.3 is 0 Å². The molecule has 0 radical (unpaired) electrons. The fourth-order valence-electron chi connectivity index (χ4n) is 2.19. The van der Waals surface area contributed by atoms with Gasteiger partial charge in [-0.1, -0.05) is 13.8 Å². The maximum atomic E-state index is 6.04. The summed E-state index contributed by atoms with van der Waals surface area (Å²) >= 11 is 0. The van der Waals surface area contributed by atoms with Gasteiger partial charge in [-0.15, -0.1) is 0 Å². The Kier molecular flexibility index (Phi) is 3.69. The third-order valence-electron chi connectivity index (χ3n) is 3.09. The van der Waals surface area contributed by atoms with E-state index in [9.17, 15) is 0 Å². The number of benzene rings is 1. The van der Waals surface area contributed by atoms with Crippen LogP contribution < -0.4 is 10.5 Å². The fourth-order valence-corrected chi connectivity index (χ4v) is 2.19. The highest BCUT2D eigenvalue weighted by molar-refractivity contribution is 5.60. The summed E-state index contributed by atoms with van der Waals surface area (Å²) in [6, 6.07) is 7.64.